The van der Waals surface area contributed by atoms with Crippen molar-refractivity contribution in [1.82, 2.24) is 5.32 Å². The highest BCUT2D eigenvalue weighted by atomic mass is 16.5. The lowest BCUT2D eigenvalue weighted by atomic mass is 9.87. The molecule has 0 aliphatic heterocycles. The highest BCUT2D eigenvalue weighted by Crippen LogP contribution is 2.38. The number of carbonyl (C=O) groups is 1. The molecule has 1 fully saturated rings. The highest BCUT2D eigenvalue weighted by molar-refractivity contribution is 5.79. The lowest BCUT2D eigenvalue weighted by Crippen LogP contribution is -2.38. The Bertz CT molecular complexity index is 511. The van der Waals surface area contributed by atoms with E-state index in [1.165, 1.54) is 12.8 Å². The Morgan fingerprint density at radius 3 is 2.09 bits per heavy atom. The van der Waals surface area contributed by atoms with Crippen LogP contribution in [0.5, 0.6) is 17.2 Å². The number of hydrogen-bond donors (Lipinski definition) is 1. The van der Waals surface area contributed by atoms with Crippen LogP contribution in [-0.2, 0) is 11.2 Å². The van der Waals surface area contributed by atoms with Crippen LogP contribution in [0.1, 0.15) is 38.2 Å². The number of nitrogens with one attached hydrogen (secondary N) is 1. The molecule has 1 aromatic carbocycles. The summed E-state index contributed by atoms with van der Waals surface area (Å²) in [5.74, 6) is 2.50. The molecule has 0 aromatic heterocycles. The number of rotatable bonds is 6. The molecule has 0 bridgehead atoms. The SMILES string of the molecule is COc1cc(CC(=O)NC2CCC(C)CC2)cc(OC)c1OC. The zero-order valence-corrected chi connectivity index (χ0v) is 14.5. The van der Waals surface area contributed by atoms with Gasteiger partial charge in [-0.25, -0.2) is 0 Å². The van der Waals surface area contributed by atoms with Crippen LogP contribution in [-0.4, -0.2) is 33.3 Å². The predicted molar refractivity (Wildman–Crippen MR) is 89.4 cm³/mol. The molecule has 23 heavy (non-hydrogen) atoms. The first-order valence-corrected chi connectivity index (χ1v) is 8.15. The summed E-state index contributed by atoms with van der Waals surface area (Å²) in [6.45, 7) is 2.27. The molecule has 5 heteroatoms. The first-order valence-electron chi connectivity index (χ1n) is 8.15. The molecular formula is C18H27NO4. The van der Waals surface area contributed by atoms with Gasteiger partial charge >= 0.3 is 0 Å². The number of methoxy groups -OCH3 is 3. The summed E-state index contributed by atoms with van der Waals surface area (Å²) in [5.41, 5.74) is 0.848. The Kier molecular flexibility index (Phi) is 6.13. The molecule has 5 nitrogen and oxygen atoms in total. The average molecular weight is 321 g/mol. The number of hydrogen-bond acceptors (Lipinski definition) is 4. The lowest BCUT2D eigenvalue weighted by molar-refractivity contribution is -0.121. The van der Waals surface area contributed by atoms with E-state index in [4.69, 9.17) is 14.2 Å². The maximum absolute atomic E-state index is 12.3. The Morgan fingerprint density at radius 1 is 1.04 bits per heavy atom. The Hall–Kier alpha value is -1.91. The monoisotopic (exact) mass is 321 g/mol. The molecule has 1 aliphatic rings. The molecule has 0 unspecified atom stereocenters. The minimum Gasteiger partial charge on any atom is -0.493 e. The van der Waals surface area contributed by atoms with Crippen molar-refractivity contribution in [3.05, 3.63) is 17.7 Å². The third-order valence-corrected chi connectivity index (χ3v) is 4.47. The zero-order valence-electron chi connectivity index (χ0n) is 14.5. The van der Waals surface area contributed by atoms with Crippen molar-refractivity contribution in [1.29, 1.82) is 0 Å². The molecule has 2 rings (SSSR count). The summed E-state index contributed by atoms with van der Waals surface area (Å²) in [7, 11) is 4.71. The fourth-order valence-corrected chi connectivity index (χ4v) is 3.11. The van der Waals surface area contributed by atoms with Crippen molar-refractivity contribution >= 4 is 5.91 Å². The number of amides is 1. The third kappa shape index (κ3) is 4.53. The van der Waals surface area contributed by atoms with Gasteiger partial charge in [-0.1, -0.05) is 6.92 Å². The van der Waals surface area contributed by atoms with Crippen LogP contribution in [0.2, 0.25) is 0 Å². The first-order chi connectivity index (χ1) is 11.1. The van der Waals surface area contributed by atoms with Gasteiger partial charge in [0.25, 0.3) is 0 Å². The van der Waals surface area contributed by atoms with E-state index in [-0.39, 0.29) is 5.91 Å². The van der Waals surface area contributed by atoms with Crippen molar-refractivity contribution in [2.45, 2.75) is 45.1 Å². The largest absolute Gasteiger partial charge is 0.493 e. The summed E-state index contributed by atoms with van der Waals surface area (Å²) >= 11 is 0. The predicted octanol–water partition coefficient (Wildman–Crippen LogP) is 2.95. The molecule has 0 heterocycles. The number of carbonyl (C=O) groups excluding carboxylic acids is 1. The molecule has 0 saturated heterocycles. The van der Waals surface area contributed by atoms with E-state index in [1.807, 2.05) is 12.1 Å². The van der Waals surface area contributed by atoms with Crippen molar-refractivity contribution < 1.29 is 19.0 Å². The molecule has 128 valence electrons. The van der Waals surface area contributed by atoms with Gasteiger partial charge in [0.2, 0.25) is 11.7 Å². The fraction of sp³-hybridized carbons (Fsp3) is 0.611. The van der Waals surface area contributed by atoms with E-state index < -0.39 is 0 Å². The second kappa shape index (κ2) is 8.09. The van der Waals surface area contributed by atoms with Crippen LogP contribution in [0.3, 0.4) is 0 Å². The average Bonchev–Trinajstić information content (AvgIpc) is 2.55. The Balaban J connectivity index is 2.02. The van der Waals surface area contributed by atoms with Crippen molar-refractivity contribution in [2.75, 3.05) is 21.3 Å². The van der Waals surface area contributed by atoms with Crippen LogP contribution in [0.15, 0.2) is 12.1 Å². The van der Waals surface area contributed by atoms with Crippen molar-refractivity contribution in [3.8, 4) is 17.2 Å². The highest BCUT2D eigenvalue weighted by Gasteiger charge is 2.20. The van der Waals surface area contributed by atoms with E-state index >= 15 is 0 Å². The molecule has 1 N–H and O–H groups in total. The van der Waals surface area contributed by atoms with Gasteiger partial charge in [0, 0.05) is 6.04 Å². The molecule has 0 spiro atoms. The second-order valence-electron chi connectivity index (χ2n) is 6.23. The summed E-state index contributed by atoms with van der Waals surface area (Å²) in [6, 6.07) is 3.95. The minimum atomic E-state index is 0.0406. The first kappa shape index (κ1) is 17.4. The summed E-state index contributed by atoms with van der Waals surface area (Å²) in [4.78, 5) is 12.3. The van der Waals surface area contributed by atoms with Crippen molar-refractivity contribution in [2.24, 2.45) is 5.92 Å². The molecular weight excluding hydrogens is 294 g/mol. The van der Waals surface area contributed by atoms with Crippen LogP contribution in [0.25, 0.3) is 0 Å². The van der Waals surface area contributed by atoms with Crippen LogP contribution in [0.4, 0.5) is 0 Å². The minimum absolute atomic E-state index is 0.0406. The Morgan fingerprint density at radius 2 is 1.61 bits per heavy atom. The molecule has 1 saturated carbocycles. The quantitative estimate of drug-likeness (QED) is 0.875. The van der Waals surface area contributed by atoms with Crippen molar-refractivity contribution in [3.63, 3.8) is 0 Å². The van der Waals surface area contributed by atoms with Gasteiger partial charge in [-0.05, 0) is 49.3 Å². The topological polar surface area (TPSA) is 56.8 Å². The maximum atomic E-state index is 12.3. The summed E-state index contributed by atoms with van der Waals surface area (Å²) in [5, 5.41) is 3.14. The summed E-state index contributed by atoms with van der Waals surface area (Å²) < 4.78 is 16.0. The van der Waals surface area contributed by atoms with E-state index in [1.54, 1.807) is 21.3 Å². The molecule has 0 radical (unpaired) electrons. The second-order valence-corrected chi connectivity index (χ2v) is 6.23. The molecule has 1 amide bonds. The van der Waals surface area contributed by atoms with E-state index in [0.717, 1.165) is 24.3 Å². The zero-order chi connectivity index (χ0) is 16.8. The summed E-state index contributed by atoms with van der Waals surface area (Å²) in [6.07, 6.45) is 4.83. The van der Waals surface area contributed by atoms with Crippen LogP contribution >= 0.6 is 0 Å². The Labute approximate surface area is 138 Å². The van der Waals surface area contributed by atoms with E-state index in [0.29, 0.717) is 29.7 Å². The maximum Gasteiger partial charge on any atom is 0.224 e. The van der Waals surface area contributed by atoms with E-state index in [9.17, 15) is 4.79 Å². The molecule has 1 aromatic rings. The lowest BCUT2D eigenvalue weighted by Gasteiger charge is -2.27. The standard InChI is InChI=1S/C18H27NO4/c1-12-5-7-14(8-6-12)19-17(20)11-13-9-15(21-2)18(23-4)16(10-13)22-3/h9-10,12,14H,5-8,11H2,1-4H3,(H,19,20). The molecule has 0 atom stereocenters. The van der Waals surface area contributed by atoms with Crippen LogP contribution in [0, 0.1) is 5.92 Å². The normalized spacial score (nSPS) is 20.7. The number of ether oxygens (including phenoxy) is 3. The molecule has 1 aliphatic carbocycles. The van der Waals surface area contributed by atoms with E-state index in [2.05, 4.69) is 12.2 Å². The van der Waals surface area contributed by atoms with Gasteiger partial charge in [-0.3, -0.25) is 4.79 Å². The van der Waals surface area contributed by atoms with Gasteiger partial charge in [-0.15, -0.1) is 0 Å². The third-order valence-electron chi connectivity index (χ3n) is 4.47. The smallest absolute Gasteiger partial charge is 0.224 e. The van der Waals surface area contributed by atoms with Crippen LogP contribution < -0.4 is 19.5 Å². The fourth-order valence-electron chi connectivity index (χ4n) is 3.11. The van der Waals surface area contributed by atoms with Gasteiger partial charge in [0.1, 0.15) is 0 Å². The van der Waals surface area contributed by atoms with Gasteiger partial charge < -0.3 is 19.5 Å². The van der Waals surface area contributed by atoms with Gasteiger partial charge in [0.15, 0.2) is 11.5 Å². The number of benzene rings is 1. The van der Waals surface area contributed by atoms with Gasteiger partial charge in [-0.2, -0.15) is 0 Å². The van der Waals surface area contributed by atoms with Gasteiger partial charge in [0.05, 0.1) is 27.8 Å².